The summed E-state index contributed by atoms with van der Waals surface area (Å²) in [5.74, 6) is 1.29. The molecule has 0 aliphatic carbocycles. The molecule has 1 N–H and O–H groups in total. The quantitative estimate of drug-likeness (QED) is 0.834. The average Bonchev–Trinajstić information content (AvgIpc) is 2.52. The molecule has 0 saturated carbocycles. The number of benzene rings is 2. The molecule has 4 nitrogen and oxygen atoms in total. The SMILES string of the molecule is COc1cc(C)ccc1OCCNC(=O)c1ccccc1C. The van der Waals surface area contributed by atoms with Crippen LogP contribution in [0.15, 0.2) is 42.5 Å². The van der Waals surface area contributed by atoms with Gasteiger partial charge in [0, 0.05) is 5.56 Å². The van der Waals surface area contributed by atoms with Gasteiger partial charge >= 0.3 is 0 Å². The van der Waals surface area contributed by atoms with Gasteiger partial charge in [-0.3, -0.25) is 4.79 Å². The Morgan fingerprint density at radius 2 is 1.86 bits per heavy atom. The molecule has 116 valence electrons. The van der Waals surface area contributed by atoms with Crippen LogP contribution in [-0.2, 0) is 0 Å². The Hall–Kier alpha value is -2.49. The molecule has 0 atom stereocenters. The fraction of sp³-hybridized carbons (Fsp3) is 0.278. The zero-order valence-corrected chi connectivity index (χ0v) is 13.2. The van der Waals surface area contributed by atoms with Crippen molar-refractivity contribution in [3.8, 4) is 11.5 Å². The van der Waals surface area contributed by atoms with Crippen molar-refractivity contribution >= 4 is 5.91 Å². The summed E-state index contributed by atoms with van der Waals surface area (Å²) >= 11 is 0. The van der Waals surface area contributed by atoms with E-state index < -0.39 is 0 Å². The molecule has 0 unspecified atom stereocenters. The number of carbonyl (C=O) groups is 1. The van der Waals surface area contributed by atoms with Gasteiger partial charge in [0.15, 0.2) is 11.5 Å². The van der Waals surface area contributed by atoms with Gasteiger partial charge in [0.25, 0.3) is 5.91 Å². The molecule has 2 rings (SSSR count). The Morgan fingerprint density at radius 1 is 1.09 bits per heavy atom. The van der Waals surface area contributed by atoms with Crippen molar-refractivity contribution in [3.63, 3.8) is 0 Å². The van der Waals surface area contributed by atoms with Crippen molar-refractivity contribution in [2.24, 2.45) is 0 Å². The number of hydrogen-bond donors (Lipinski definition) is 1. The summed E-state index contributed by atoms with van der Waals surface area (Å²) in [5.41, 5.74) is 2.76. The Balaban J connectivity index is 1.85. The number of ether oxygens (including phenoxy) is 2. The first-order chi connectivity index (χ1) is 10.6. The molecule has 2 aromatic rings. The van der Waals surface area contributed by atoms with Gasteiger partial charge < -0.3 is 14.8 Å². The average molecular weight is 299 g/mol. The number of amides is 1. The minimum absolute atomic E-state index is 0.0856. The number of rotatable bonds is 6. The van der Waals surface area contributed by atoms with Crippen LogP contribution in [0, 0.1) is 13.8 Å². The molecule has 0 heterocycles. The van der Waals surface area contributed by atoms with Crippen LogP contribution in [-0.4, -0.2) is 26.2 Å². The summed E-state index contributed by atoms with van der Waals surface area (Å²) in [5, 5.41) is 2.85. The second-order valence-corrected chi connectivity index (χ2v) is 5.07. The largest absolute Gasteiger partial charge is 0.493 e. The van der Waals surface area contributed by atoms with Crippen LogP contribution < -0.4 is 14.8 Å². The van der Waals surface area contributed by atoms with Crippen molar-refractivity contribution in [1.82, 2.24) is 5.32 Å². The van der Waals surface area contributed by atoms with E-state index in [1.54, 1.807) is 7.11 Å². The Labute approximate surface area is 131 Å². The highest BCUT2D eigenvalue weighted by atomic mass is 16.5. The maximum atomic E-state index is 12.1. The van der Waals surface area contributed by atoms with Gasteiger partial charge in [-0.15, -0.1) is 0 Å². The fourth-order valence-corrected chi connectivity index (χ4v) is 2.14. The van der Waals surface area contributed by atoms with Crippen molar-refractivity contribution < 1.29 is 14.3 Å². The van der Waals surface area contributed by atoms with Crippen molar-refractivity contribution in [2.75, 3.05) is 20.3 Å². The lowest BCUT2D eigenvalue weighted by Gasteiger charge is -2.12. The molecular weight excluding hydrogens is 278 g/mol. The predicted octanol–water partition coefficient (Wildman–Crippen LogP) is 3.12. The summed E-state index contributed by atoms with van der Waals surface area (Å²) in [6.45, 7) is 4.73. The van der Waals surface area contributed by atoms with Gasteiger partial charge in [-0.05, 0) is 43.2 Å². The van der Waals surface area contributed by atoms with Gasteiger partial charge in [0.1, 0.15) is 6.61 Å². The van der Waals surface area contributed by atoms with Crippen LogP contribution in [0.5, 0.6) is 11.5 Å². The Kier molecular flexibility index (Phi) is 5.42. The topological polar surface area (TPSA) is 47.6 Å². The summed E-state index contributed by atoms with van der Waals surface area (Å²) < 4.78 is 10.9. The molecule has 0 aromatic heterocycles. The molecule has 0 aliphatic rings. The van der Waals surface area contributed by atoms with Crippen LogP contribution in [0.1, 0.15) is 21.5 Å². The summed E-state index contributed by atoms with van der Waals surface area (Å²) in [4.78, 5) is 12.1. The monoisotopic (exact) mass is 299 g/mol. The van der Waals surface area contributed by atoms with E-state index in [0.717, 1.165) is 11.1 Å². The van der Waals surface area contributed by atoms with Crippen molar-refractivity contribution in [3.05, 3.63) is 59.2 Å². The van der Waals surface area contributed by atoms with Crippen LogP contribution in [0.3, 0.4) is 0 Å². The minimum Gasteiger partial charge on any atom is -0.493 e. The normalized spacial score (nSPS) is 10.1. The summed E-state index contributed by atoms with van der Waals surface area (Å²) in [6.07, 6.45) is 0. The second kappa shape index (κ2) is 7.50. The van der Waals surface area contributed by atoms with E-state index in [1.165, 1.54) is 0 Å². The molecule has 0 aliphatic heterocycles. The number of hydrogen-bond acceptors (Lipinski definition) is 3. The van der Waals surface area contributed by atoms with Gasteiger partial charge in [-0.1, -0.05) is 24.3 Å². The lowest BCUT2D eigenvalue weighted by atomic mass is 10.1. The van der Waals surface area contributed by atoms with Gasteiger partial charge in [-0.25, -0.2) is 0 Å². The Morgan fingerprint density at radius 3 is 2.59 bits per heavy atom. The Bertz CT molecular complexity index is 653. The van der Waals surface area contributed by atoms with Gasteiger partial charge in [-0.2, -0.15) is 0 Å². The van der Waals surface area contributed by atoms with E-state index in [4.69, 9.17) is 9.47 Å². The maximum absolute atomic E-state index is 12.1. The molecule has 0 saturated heterocycles. The van der Waals surface area contributed by atoms with E-state index in [2.05, 4.69) is 5.32 Å². The van der Waals surface area contributed by atoms with Gasteiger partial charge in [0.2, 0.25) is 0 Å². The molecule has 2 aromatic carbocycles. The first-order valence-corrected chi connectivity index (χ1v) is 7.23. The number of carbonyl (C=O) groups excluding carboxylic acids is 1. The minimum atomic E-state index is -0.0856. The molecule has 0 spiro atoms. The zero-order chi connectivity index (χ0) is 15.9. The van der Waals surface area contributed by atoms with E-state index in [1.807, 2.05) is 56.3 Å². The van der Waals surface area contributed by atoms with E-state index >= 15 is 0 Å². The molecule has 0 fully saturated rings. The number of aryl methyl sites for hydroxylation is 2. The smallest absolute Gasteiger partial charge is 0.251 e. The standard InChI is InChI=1S/C18H21NO3/c1-13-8-9-16(17(12-13)21-3)22-11-10-19-18(20)15-7-5-4-6-14(15)2/h4-9,12H,10-11H2,1-3H3,(H,19,20). The summed E-state index contributed by atoms with van der Waals surface area (Å²) in [6, 6.07) is 13.3. The number of methoxy groups -OCH3 is 1. The highest BCUT2D eigenvalue weighted by Gasteiger charge is 2.08. The highest BCUT2D eigenvalue weighted by Crippen LogP contribution is 2.27. The van der Waals surface area contributed by atoms with Crippen molar-refractivity contribution in [2.45, 2.75) is 13.8 Å². The van der Waals surface area contributed by atoms with Crippen LogP contribution in [0.25, 0.3) is 0 Å². The third-order valence-electron chi connectivity index (χ3n) is 3.35. The maximum Gasteiger partial charge on any atom is 0.251 e. The molecule has 0 bridgehead atoms. The lowest BCUT2D eigenvalue weighted by molar-refractivity contribution is 0.0946. The van der Waals surface area contributed by atoms with Crippen LogP contribution >= 0.6 is 0 Å². The van der Waals surface area contributed by atoms with E-state index in [-0.39, 0.29) is 5.91 Å². The van der Waals surface area contributed by atoms with Gasteiger partial charge in [0.05, 0.1) is 13.7 Å². The molecule has 22 heavy (non-hydrogen) atoms. The third kappa shape index (κ3) is 4.01. The zero-order valence-electron chi connectivity index (χ0n) is 13.2. The van der Waals surface area contributed by atoms with Crippen molar-refractivity contribution in [1.29, 1.82) is 0 Å². The van der Waals surface area contributed by atoms with Crippen LogP contribution in [0.4, 0.5) is 0 Å². The first-order valence-electron chi connectivity index (χ1n) is 7.23. The molecular formula is C18H21NO3. The van der Waals surface area contributed by atoms with E-state index in [9.17, 15) is 4.79 Å². The molecule has 4 heteroatoms. The molecule has 1 amide bonds. The third-order valence-corrected chi connectivity index (χ3v) is 3.35. The fourth-order valence-electron chi connectivity index (χ4n) is 2.14. The first kappa shape index (κ1) is 15.9. The number of nitrogens with one attached hydrogen (secondary N) is 1. The highest BCUT2D eigenvalue weighted by molar-refractivity contribution is 5.95. The summed E-state index contributed by atoms with van der Waals surface area (Å²) in [7, 11) is 1.61. The second-order valence-electron chi connectivity index (χ2n) is 5.07. The molecule has 0 radical (unpaired) electrons. The van der Waals surface area contributed by atoms with E-state index in [0.29, 0.717) is 30.2 Å². The van der Waals surface area contributed by atoms with Crippen LogP contribution in [0.2, 0.25) is 0 Å². The lowest BCUT2D eigenvalue weighted by Crippen LogP contribution is -2.28. The predicted molar refractivity (Wildman–Crippen MR) is 86.7 cm³/mol.